The molecule has 2 rings (SSSR count). The van der Waals surface area contributed by atoms with Gasteiger partial charge in [0, 0.05) is 17.5 Å². The van der Waals surface area contributed by atoms with Crippen LogP contribution >= 0.6 is 0 Å². The van der Waals surface area contributed by atoms with Crippen LogP contribution in [0.1, 0.15) is 26.3 Å². The zero-order valence-electron chi connectivity index (χ0n) is 10.9. The fourth-order valence-corrected chi connectivity index (χ4v) is 1.84. The van der Waals surface area contributed by atoms with Gasteiger partial charge in [0.15, 0.2) is 0 Å². The smallest absolute Gasteiger partial charge is 0.134 e. The van der Waals surface area contributed by atoms with E-state index < -0.39 is 0 Å². The molecule has 1 unspecified atom stereocenters. The summed E-state index contributed by atoms with van der Waals surface area (Å²) >= 11 is 0. The van der Waals surface area contributed by atoms with Gasteiger partial charge in [0.2, 0.25) is 0 Å². The minimum Gasteiger partial charge on any atom is -0.464 e. The first-order chi connectivity index (χ1) is 8.18. The topological polar surface area (TPSA) is 25.2 Å². The largest absolute Gasteiger partial charge is 0.464 e. The Morgan fingerprint density at radius 3 is 2.71 bits per heavy atom. The second-order valence-corrected chi connectivity index (χ2v) is 5.11. The van der Waals surface area contributed by atoms with E-state index in [1.807, 2.05) is 18.4 Å². The van der Waals surface area contributed by atoms with Gasteiger partial charge in [-0.15, -0.1) is 0 Å². The molecule has 2 heteroatoms. The lowest BCUT2D eigenvalue weighted by Gasteiger charge is -2.15. The van der Waals surface area contributed by atoms with Crippen molar-refractivity contribution in [2.45, 2.75) is 27.3 Å². The Morgan fingerprint density at radius 1 is 1.18 bits per heavy atom. The molecule has 2 aromatic rings. The summed E-state index contributed by atoms with van der Waals surface area (Å²) in [4.78, 5) is 0. The van der Waals surface area contributed by atoms with Gasteiger partial charge in [0.1, 0.15) is 5.58 Å². The predicted molar refractivity (Wildman–Crippen MR) is 71.9 cm³/mol. The molecule has 0 aliphatic heterocycles. The molecule has 0 aliphatic carbocycles. The van der Waals surface area contributed by atoms with Gasteiger partial charge in [0.25, 0.3) is 0 Å². The van der Waals surface area contributed by atoms with Crippen LogP contribution in [-0.2, 0) is 6.54 Å². The van der Waals surface area contributed by atoms with Crippen LogP contribution in [0.3, 0.4) is 0 Å². The van der Waals surface area contributed by atoms with Gasteiger partial charge >= 0.3 is 0 Å². The van der Waals surface area contributed by atoms with Crippen LogP contribution in [0.2, 0.25) is 0 Å². The number of hydrogen-bond donors (Lipinski definition) is 1. The average Bonchev–Trinajstić information content (AvgIpc) is 2.72. The Bertz CT molecular complexity index is 472. The summed E-state index contributed by atoms with van der Waals surface area (Å²) in [6.07, 6.45) is 1.86. The third kappa shape index (κ3) is 2.89. The zero-order chi connectivity index (χ0) is 12.3. The molecule has 0 amide bonds. The molecule has 1 aromatic heterocycles. The highest BCUT2D eigenvalue weighted by Gasteiger charge is 2.08. The van der Waals surface area contributed by atoms with Crippen LogP contribution in [0, 0.1) is 11.8 Å². The molecule has 2 nitrogen and oxygen atoms in total. The van der Waals surface area contributed by atoms with Gasteiger partial charge in [-0.3, -0.25) is 0 Å². The number of benzene rings is 1. The van der Waals surface area contributed by atoms with E-state index >= 15 is 0 Å². The second kappa shape index (κ2) is 5.37. The van der Waals surface area contributed by atoms with E-state index in [-0.39, 0.29) is 0 Å². The molecule has 1 N–H and O–H groups in total. The van der Waals surface area contributed by atoms with E-state index in [2.05, 4.69) is 38.2 Å². The summed E-state index contributed by atoms with van der Waals surface area (Å²) < 4.78 is 5.51. The molecule has 0 bridgehead atoms. The standard InChI is InChI=1S/C15H21NO/c1-11(2)12(3)8-16-9-13-10-17-15-7-5-4-6-14(13)15/h4-7,10-12,16H,8-9H2,1-3H3. The Labute approximate surface area is 103 Å². The molecule has 1 heterocycles. The van der Waals surface area contributed by atoms with Crippen molar-refractivity contribution in [1.82, 2.24) is 5.32 Å². The number of hydrogen-bond acceptors (Lipinski definition) is 2. The molecule has 0 fully saturated rings. The van der Waals surface area contributed by atoms with Crippen LogP contribution in [0.25, 0.3) is 11.0 Å². The second-order valence-electron chi connectivity index (χ2n) is 5.11. The van der Waals surface area contributed by atoms with Gasteiger partial charge in [-0.2, -0.15) is 0 Å². The van der Waals surface area contributed by atoms with Gasteiger partial charge in [-0.25, -0.2) is 0 Å². The van der Waals surface area contributed by atoms with Crippen molar-refractivity contribution in [3.05, 3.63) is 36.1 Å². The van der Waals surface area contributed by atoms with Gasteiger partial charge in [-0.1, -0.05) is 39.0 Å². The first-order valence-corrected chi connectivity index (χ1v) is 6.34. The average molecular weight is 231 g/mol. The van der Waals surface area contributed by atoms with Gasteiger partial charge in [0.05, 0.1) is 6.26 Å². The Morgan fingerprint density at radius 2 is 1.94 bits per heavy atom. The number of para-hydroxylation sites is 1. The third-order valence-corrected chi connectivity index (χ3v) is 3.48. The summed E-state index contributed by atoms with van der Waals surface area (Å²) in [7, 11) is 0. The van der Waals surface area contributed by atoms with Crippen LogP contribution < -0.4 is 5.32 Å². The van der Waals surface area contributed by atoms with E-state index in [0.29, 0.717) is 5.92 Å². The van der Waals surface area contributed by atoms with Crippen molar-refractivity contribution >= 4 is 11.0 Å². The lowest BCUT2D eigenvalue weighted by Crippen LogP contribution is -2.23. The summed E-state index contributed by atoms with van der Waals surface area (Å²) in [6, 6.07) is 8.18. The fourth-order valence-electron chi connectivity index (χ4n) is 1.84. The van der Waals surface area contributed by atoms with E-state index in [1.165, 1.54) is 10.9 Å². The maximum Gasteiger partial charge on any atom is 0.134 e. The molecule has 92 valence electrons. The van der Waals surface area contributed by atoms with Crippen molar-refractivity contribution in [3.63, 3.8) is 0 Å². The maximum absolute atomic E-state index is 5.51. The van der Waals surface area contributed by atoms with Crippen molar-refractivity contribution in [2.75, 3.05) is 6.54 Å². The highest BCUT2D eigenvalue weighted by molar-refractivity contribution is 5.80. The van der Waals surface area contributed by atoms with Crippen LogP contribution in [-0.4, -0.2) is 6.54 Å². The monoisotopic (exact) mass is 231 g/mol. The van der Waals surface area contributed by atoms with Crippen molar-refractivity contribution in [3.8, 4) is 0 Å². The molecule has 0 spiro atoms. The van der Waals surface area contributed by atoms with E-state index in [4.69, 9.17) is 4.42 Å². The molecule has 0 saturated heterocycles. The number of fused-ring (bicyclic) bond motifs is 1. The first kappa shape index (κ1) is 12.2. The molecular weight excluding hydrogens is 210 g/mol. The van der Waals surface area contributed by atoms with Crippen LogP contribution in [0.15, 0.2) is 34.9 Å². The lowest BCUT2D eigenvalue weighted by molar-refractivity contribution is 0.392. The van der Waals surface area contributed by atoms with Gasteiger partial charge < -0.3 is 9.73 Å². The van der Waals surface area contributed by atoms with E-state index in [0.717, 1.165) is 24.6 Å². The molecule has 17 heavy (non-hydrogen) atoms. The zero-order valence-corrected chi connectivity index (χ0v) is 10.9. The predicted octanol–water partition coefficient (Wildman–Crippen LogP) is 3.81. The normalized spacial score (nSPS) is 13.4. The van der Waals surface area contributed by atoms with Crippen molar-refractivity contribution in [1.29, 1.82) is 0 Å². The number of nitrogens with one attached hydrogen (secondary N) is 1. The van der Waals surface area contributed by atoms with Crippen LogP contribution in [0.4, 0.5) is 0 Å². The van der Waals surface area contributed by atoms with Gasteiger partial charge in [-0.05, 0) is 24.4 Å². The quantitative estimate of drug-likeness (QED) is 0.846. The summed E-state index contributed by atoms with van der Waals surface area (Å²) in [5.41, 5.74) is 2.22. The van der Waals surface area contributed by atoms with Crippen molar-refractivity contribution in [2.24, 2.45) is 11.8 Å². The Kier molecular flexibility index (Phi) is 3.85. The Balaban J connectivity index is 1.95. The summed E-state index contributed by atoms with van der Waals surface area (Å²) in [5.74, 6) is 1.43. The summed E-state index contributed by atoms with van der Waals surface area (Å²) in [6.45, 7) is 8.75. The summed E-state index contributed by atoms with van der Waals surface area (Å²) in [5, 5.41) is 4.72. The van der Waals surface area contributed by atoms with Crippen LogP contribution in [0.5, 0.6) is 0 Å². The van der Waals surface area contributed by atoms with E-state index in [9.17, 15) is 0 Å². The minimum absolute atomic E-state index is 0.702. The minimum atomic E-state index is 0.702. The number of rotatable bonds is 5. The lowest BCUT2D eigenvalue weighted by atomic mass is 9.98. The molecule has 0 saturated carbocycles. The maximum atomic E-state index is 5.51. The molecular formula is C15H21NO. The number of furan rings is 1. The van der Waals surface area contributed by atoms with E-state index in [1.54, 1.807) is 0 Å². The highest BCUT2D eigenvalue weighted by atomic mass is 16.3. The first-order valence-electron chi connectivity index (χ1n) is 6.34. The molecule has 0 radical (unpaired) electrons. The molecule has 1 aromatic carbocycles. The fraction of sp³-hybridized carbons (Fsp3) is 0.467. The molecule has 1 atom stereocenters. The highest BCUT2D eigenvalue weighted by Crippen LogP contribution is 2.20. The third-order valence-electron chi connectivity index (χ3n) is 3.48. The van der Waals surface area contributed by atoms with Crippen molar-refractivity contribution < 1.29 is 4.42 Å². The molecule has 0 aliphatic rings. The Hall–Kier alpha value is -1.28. The SMILES string of the molecule is CC(C)C(C)CNCc1coc2ccccc12.